The molecule has 0 aliphatic heterocycles. The van der Waals surface area contributed by atoms with Gasteiger partial charge in [-0.3, -0.25) is 4.90 Å². The molecule has 1 heterocycles. The molecule has 0 unspecified atom stereocenters. The normalized spacial score (nSPS) is 10.8. The summed E-state index contributed by atoms with van der Waals surface area (Å²) in [6, 6.07) is 5.97. The molecule has 1 rings (SSSR count). The van der Waals surface area contributed by atoms with Crippen LogP contribution < -0.4 is 0 Å². The maximum atomic E-state index is 8.65. The van der Waals surface area contributed by atoms with Crippen LogP contribution >= 0.6 is 11.6 Å². The monoisotopic (exact) mass is 251 g/mol. The van der Waals surface area contributed by atoms with Crippen LogP contribution in [0.4, 0.5) is 0 Å². The molecule has 0 aromatic carbocycles. The Morgan fingerprint density at radius 2 is 2.24 bits per heavy atom. The summed E-state index contributed by atoms with van der Waals surface area (Å²) in [5, 5.41) is 9.16. The summed E-state index contributed by atoms with van der Waals surface area (Å²) in [7, 11) is 0. The van der Waals surface area contributed by atoms with Gasteiger partial charge in [-0.05, 0) is 17.5 Å². The number of nitrogens with zero attached hydrogens (tertiary/aromatic N) is 3. The van der Waals surface area contributed by atoms with Gasteiger partial charge in [-0.1, -0.05) is 31.5 Å². The fourth-order valence-corrected chi connectivity index (χ4v) is 1.83. The van der Waals surface area contributed by atoms with Gasteiger partial charge in [-0.2, -0.15) is 5.26 Å². The second-order valence-electron chi connectivity index (χ2n) is 4.53. The molecule has 0 amide bonds. The molecule has 0 atom stereocenters. The minimum absolute atomic E-state index is 0.515. The summed E-state index contributed by atoms with van der Waals surface area (Å²) in [6.07, 6.45) is 2.36. The van der Waals surface area contributed by atoms with Crippen molar-refractivity contribution in [3.63, 3.8) is 0 Å². The summed E-state index contributed by atoms with van der Waals surface area (Å²) in [5.41, 5.74) is 1.13. The smallest absolute Gasteiger partial charge is 0.129 e. The van der Waals surface area contributed by atoms with Gasteiger partial charge in [0.25, 0.3) is 0 Å². The largest absolute Gasteiger partial charge is 0.298 e. The van der Waals surface area contributed by atoms with Gasteiger partial charge < -0.3 is 0 Å². The van der Waals surface area contributed by atoms with Crippen molar-refractivity contribution in [1.82, 2.24) is 9.88 Å². The van der Waals surface area contributed by atoms with Crippen molar-refractivity contribution >= 4 is 11.6 Å². The average molecular weight is 252 g/mol. The minimum atomic E-state index is 0.515. The molecule has 0 saturated carbocycles. The maximum Gasteiger partial charge on any atom is 0.129 e. The third-order valence-electron chi connectivity index (χ3n) is 2.36. The van der Waals surface area contributed by atoms with E-state index in [0.29, 0.717) is 17.5 Å². The highest BCUT2D eigenvalue weighted by Crippen LogP contribution is 2.10. The zero-order valence-electron chi connectivity index (χ0n) is 10.4. The van der Waals surface area contributed by atoms with Gasteiger partial charge in [0.05, 0.1) is 6.07 Å². The van der Waals surface area contributed by atoms with E-state index >= 15 is 0 Å². The Morgan fingerprint density at radius 1 is 1.47 bits per heavy atom. The quantitative estimate of drug-likeness (QED) is 0.730. The zero-order valence-corrected chi connectivity index (χ0v) is 11.1. The number of pyridine rings is 1. The Morgan fingerprint density at radius 3 is 2.76 bits per heavy atom. The fraction of sp³-hybridized carbons (Fsp3) is 0.538. The number of nitriles is 1. The maximum absolute atomic E-state index is 8.65. The summed E-state index contributed by atoms with van der Waals surface area (Å²) >= 11 is 5.75. The molecule has 3 nitrogen and oxygen atoms in total. The van der Waals surface area contributed by atoms with E-state index in [-0.39, 0.29) is 0 Å². The van der Waals surface area contributed by atoms with Crippen LogP contribution in [-0.4, -0.2) is 23.0 Å². The molecular formula is C13H18ClN3. The third kappa shape index (κ3) is 5.67. The van der Waals surface area contributed by atoms with Crippen LogP contribution in [0.25, 0.3) is 0 Å². The third-order valence-corrected chi connectivity index (χ3v) is 2.58. The Labute approximate surface area is 108 Å². The predicted octanol–water partition coefficient (Wildman–Crippen LogP) is 3.11. The molecule has 0 radical (unpaired) electrons. The van der Waals surface area contributed by atoms with Crippen molar-refractivity contribution in [2.45, 2.75) is 26.8 Å². The molecular weight excluding hydrogens is 234 g/mol. The van der Waals surface area contributed by atoms with Gasteiger partial charge in [0.1, 0.15) is 5.15 Å². The SMILES string of the molecule is CC(C)CN(CCC#N)Cc1ccc(Cl)nc1. The Balaban J connectivity index is 2.58. The van der Waals surface area contributed by atoms with Crippen LogP contribution in [0.3, 0.4) is 0 Å². The number of rotatable bonds is 6. The Bertz CT molecular complexity index is 367. The van der Waals surface area contributed by atoms with Crippen LogP contribution in [0.2, 0.25) is 5.15 Å². The fourth-order valence-electron chi connectivity index (χ4n) is 1.72. The van der Waals surface area contributed by atoms with Crippen molar-refractivity contribution in [1.29, 1.82) is 5.26 Å². The number of hydrogen-bond donors (Lipinski definition) is 0. The first-order valence-electron chi connectivity index (χ1n) is 5.81. The van der Waals surface area contributed by atoms with Crippen LogP contribution in [0.15, 0.2) is 18.3 Å². The first kappa shape index (κ1) is 14.0. The number of hydrogen-bond acceptors (Lipinski definition) is 3. The lowest BCUT2D eigenvalue weighted by Crippen LogP contribution is -2.28. The first-order valence-corrected chi connectivity index (χ1v) is 6.19. The molecule has 0 saturated heterocycles. The minimum Gasteiger partial charge on any atom is -0.298 e. The molecule has 4 heteroatoms. The highest BCUT2D eigenvalue weighted by molar-refractivity contribution is 6.29. The van der Waals surface area contributed by atoms with Gasteiger partial charge in [0.2, 0.25) is 0 Å². The van der Waals surface area contributed by atoms with Gasteiger partial charge in [0.15, 0.2) is 0 Å². The van der Waals surface area contributed by atoms with Gasteiger partial charge in [0, 0.05) is 32.3 Å². The molecule has 1 aromatic heterocycles. The van der Waals surface area contributed by atoms with Crippen LogP contribution in [0, 0.1) is 17.2 Å². The Kier molecular flexibility index (Phi) is 5.96. The molecule has 0 bridgehead atoms. The van der Waals surface area contributed by atoms with Gasteiger partial charge >= 0.3 is 0 Å². The van der Waals surface area contributed by atoms with Crippen molar-refractivity contribution < 1.29 is 0 Å². The topological polar surface area (TPSA) is 39.9 Å². The van der Waals surface area contributed by atoms with E-state index < -0.39 is 0 Å². The standard InChI is InChI=1S/C13H18ClN3/c1-11(2)9-17(7-3-6-15)10-12-4-5-13(14)16-8-12/h4-5,8,11H,3,7,9-10H2,1-2H3. The molecule has 0 aliphatic carbocycles. The molecule has 1 aromatic rings. The van der Waals surface area contributed by atoms with E-state index in [9.17, 15) is 0 Å². The highest BCUT2D eigenvalue weighted by Gasteiger charge is 2.08. The van der Waals surface area contributed by atoms with Crippen LogP contribution in [0.1, 0.15) is 25.8 Å². The van der Waals surface area contributed by atoms with E-state index in [4.69, 9.17) is 16.9 Å². The molecule has 0 N–H and O–H groups in total. The first-order chi connectivity index (χ1) is 8.11. The lowest BCUT2D eigenvalue weighted by molar-refractivity contribution is 0.241. The van der Waals surface area contributed by atoms with E-state index in [1.807, 2.05) is 6.07 Å². The Hall–Kier alpha value is -1.11. The number of aromatic nitrogens is 1. The highest BCUT2D eigenvalue weighted by atomic mass is 35.5. The molecule has 17 heavy (non-hydrogen) atoms. The molecule has 0 aliphatic rings. The number of halogens is 1. The van der Waals surface area contributed by atoms with Crippen molar-refractivity contribution in [3.05, 3.63) is 29.0 Å². The van der Waals surface area contributed by atoms with Crippen molar-refractivity contribution in [2.75, 3.05) is 13.1 Å². The van der Waals surface area contributed by atoms with Crippen molar-refractivity contribution in [2.24, 2.45) is 5.92 Å². The van der Waals surface area contributed by atoms with E-state index in [1.165, 1.54) is 0 Å². The van der Waals surface area contributed by atoms with Gasteiger partial charge in [-0.15, -0.1) is 0 Å². The van der Waals surface area contributed by atoms with Crippen molar-refractivity contribution in [3.8, 4) is 6.07 Å². The second-order valence-corrected chi connectivity index (χ2v) is 4.91. The molecule has 92 valence electrons. The van der Waals surface area contributed by atoms with E-state index in [1.54, 1.807) is 12.3 Å². The summed E-state index contributed by atoms with van der Waals surface area (Å²) in [6.45, 7) is 6.98. The predicted molar refractivity (Wildman–Crippen MR) is 69.6 cm³/mol. The van der Waals surface area contributed by atoms with E-state index in [2.05, 4.69) is 29.8 Å². The second kappa shape index (κ2) is 7.26. The molecule has 0 spiro atoms. The zero-order chi connectivity index (χ0) is 12.7. The van der Waals surface area contributed by atoms with Crippen LogP contribution in [0.5, 0.6) is 0 Å². The summed E-state index contributed by atoms with van der Waals surface area (Å²) in [4.78, 5) is 6.34. The summed E-state index contributed by atoms with van der Waals surface area (Å²) < 4.78 is 0. The van der Waals surface area contributed by atoms with E-state index in [0.717, 1.165) is 25.2 Å². The average Bonchev–Trinajstić information content (AvgIpc) is 2.28. The lowest BCUT2D eigenvalue weighted by atomic mass is 10.2. The summed E-state index contributed by atoms with van der Waals surface area (Å²) in [5.74, 6) is 0.592. The lowest BCUT2D eigenvalue weighted by Gasteiger charge is -2.23. The molecule has 0 fully saturated rings. The van der Waals surface area contributed by atoms with Crippen LogP contribution in [-0.2, 0) is 6.54 Å². The van der Waals surface area contributed by atoms with Gasteiger partial charge in [-0.25, -0.2) is 4.98 Å².